The zero-order chi connectivity index (χ0) is 69.4. The average molecular weight is 1360 g/mol. The van der Waals surface area contributed by atoms with E-state index in [9.17, 15) is 0 Å². The first kappa shape index (κ1) is 68.3. The number of benzene rings is 14. The van der Waals surface area contributed by atoms with Crippen LogP contribution in [0.3, 0.4) is 0 Å². The van der Waals surface area contributed by atoms with Gasteiger partial charge >= 0.3 is 0 Å². The van der Waals surface area contributed by atoms with Crippen LogP contribution in [0.15, 0.2) is 340 Å². The van der Waals surface area contributed by atoms with Gasteiger partial charge in [0.2, 0.25) is 0 Å². The largest absolute Gasteiger partial charge is 0.496 e. The summed E-state index contributed by atoms with van der Waals surface area (Å²) in [5.41, 5.74) is 21.4. The van der Waals surface area contributed by atoms with Gasteiger partial charge in [-0.25, -0.2) is 0 Å². The lowest BCUT2D eigenvalue weighted by Gasteiger charge is -2.29. The number of ether oxygens (including phenoxy) is 4. The highest BCUT2D eigenvalue weighted by Crippen LogP contribution is 2.47. The molecule has 0 fully saturated rings. The zero-order valence-electron chi connectivity index (χ0n) is 58.5. The van der Waals surface area contributed by atoms with Crippen molar-refractivity contribution < 1.29 is 18.9 Å². The molecule has 102 heavy (non-hydrogen) atoms. The molecule has 0 unspecified atom stereocenters. The number of hydrogen-bond donors (Lipinski definition) is 0. The van der Waals surface area contributed by atoms with E-state index in [1.54, 1.807) is 0 Å². The second-order valence-corrected chi connectivity index (χ2v) is 30.6. The molecule has 0 radical (unpaired) electrons. The van der Waals surface area contributed by atoms with Crippen molar-refractivity contribution in [2.75, 3.05) is 28.4 Å². The Bertz CT molecular complexity index is 4220. The topological polar surface area (TPSA) is 36.9 Å². The van der Waals surface area contributed by atoms with E-state index in [4.69, 9.17) is 18.9 Å². The van der Waals surface area contributed by atoms with E-state index in [1.165, 1.54) is 87.5 Å². The van der Waals surface area contributed by atoms with Crippen LogP contribution in [0.1, 0.15) is 89.0 Å². The van der Waals surface area contributed by atoms with Gasteiger partial charge in [0.1, 0.15) is 23.0 Å². The van der Waals surface area contributed by atoms with Crippen LogP contribution in [0, 0.1) is 0 Å². The monoisotopic (exact) mass is 1360 g/mol. The van der Waals surface area contributed by atoms with Crippen LogP contribution in [-0.4, -0.2) is 28.4 Å². The van der Waals surface area contributed by atoms with E-state index in [0.717, 1.165) is 67.5 Å². The molecule has 0 atom stereocenters. The van der Waals surface area contributed by atoms with Gasteiger partial charge in [-0.1, -0.05) is 291 Å². The third-order valence-corrected chi connectivity index (χ3v) is 24.1. The summed E-state index contributed by atoms with van der Waals surface area (Å²) in [6.45, 7) is 0. The van der Waals surface area contributed by atoms with Gasteiger partial charge in [0.25, 0.3) is 0 Å². The number of hydrogen-bond acceptors (Lipinski definition) is 4. The third kappa shape index (κ3) is 16.1. The highest BCUT2D eigenvalue weighted by atomic mass is 31.1. The van der Waals surface area contributed by atoms with Crippen LogP contribution >= 0.6 is 15.8 Å². The SMILES string of the molecule is COc1c(Cc2ccccc2)cc(P(c2cc(Cc3ccccc3)c(OC)c(Cc3ccccc3)c2)c2ccccc2-c2ccccc2P(c2cc(Cc3ccccc3)c(OC)c(Cc3ccccc3)c2)c2cc(Cc3ccccc3)c(OC)c(Cc3ccccc3)c2)cc1Cc1ccccc1. The summed E-state index contributed by atoms with van der Waals surface area (Å²) in [4.78, 5) is 0. The Balaban J connectivity index is 1.06. The predicted octanol–water partition coefficient (Wildman–Crippen LogP) is 19.6. The molecular weight excluding hydrogens is 1280 g/mol. The van der Waals surface area contributed by atoms with E-state index in [0.29, 0.717) is 51.4 Å². The van der Waals surface area contributed by atoms with Crippen molar-refractivity contribution in [3.8, 4) is 34.1 Å². The Morgan fingerprint density at radius 3 is 0.490 bits per heavy atom. The quantitative estimate of drug-likeness (QED) is 0.0481. The van der Waals surface area contributed by atoms with Crippen molar-refractivity contribution in [1.29, 1.82) is 0 Å². The molecule has 0 N–H and O–H groups in total. The van der Waals surface area contributed by atoms with E-state index in [1.807, 2.05) is 28.4 Å². The van der Waals surface area contributed by atoms with Gasteiger partial charge in [-0.15, -0.1) is 0 Å². The molecule has 0 heterocycles. The molecule has 0 aliphatic rings. The molecule has 502 valence electrons. The lowest BCUT2D eigenvalue weighted by Crippen LogP contribution is -2.27. The maximum atomic E-state index is 6.66. The summed E-state index contributed by atoms with van der Waals surface area (Å²) in [7, 11) is 4.55. The minimum absolute atomic E-state index is 0.694. The van der Waals surface area contributed by atoms with Crippen LogP contribution in [0.5, 0.6) is 23.0 Å². The van der Waals surface area contributed by atoms with Crippen molar-refractivity contribution >= 4 is 47.7 Å². The number of methoxy groups -OCH3 is 4. The molecule has 0 bridgehead atoms. The minimum Gasteiger partial charge on any atom is -0.496 e. The van der Waals surface area contributed by atoms with Crippen LogP contribution in [0.4, 0.5) is 0 Å². The Kier molecular flexibility index (Phi) is 22.1. The van der Waals surface area contributed by atoms with Gasteiger partial charge in [0.05, 0.1) is 28.4 Å². The summed E-state index contributed by atoms with van der Waals surface area (Å²) in [6.07, 6.45) is 5.55. The predicted molar refractivity (Wildman–Crippen MR) is 429 cm³/mol. The van der Waals surface area contributed by atoms with Crippen molar-refractivity contribution in [1.82, 2.24) is 0 Å². The maximum Gasteiger partial charge on any atom is 0.125 e. The maximum absolute atomic E-state index is 6.66. The van der Waals surface area contributed by atoms with Crippen LogP contribution in [0.25, 0.3) is 11.1 Å². The summed E-state index contributed by atoms with van der Waals surface area (Å²) in [5, 5.41) is 7.49. The molecule has 14 rings (SSSR count). The van der Waals surface area contributed by atoms with E-state index in [2.05, 4.69) is 340 Å². The van der Waals surface area contributed by atoms with Gasteiger partial charge in [-0.3, -0.25) is 0 Å². The Labute approximate surface area is 605 Å². The fraction of sp³-hybridized carbons (Fsp3) is 0.125. The first-order chi connectivity index (χ1) is 50.4. The molecular formula is C96H84O4P2. The molecule has 0 aromatic heterocycles. The fourth-order valence-electron chi connectivity index (χ4n) is 14.7. The standard InChI is InChI=1S/C96H84O4P2/c1-97-93-77(53-69-33-13-5-14-34-69)61-85(62-78(93)54-70-35-15-6-16-36-70)101(86-63-79(55-71-37-17-7-18-38-71)94(98-2)80(64-86)56-72-39-19-8-20-40-72)91-51-31-29-49-89(91)90-50-30-32-52-92(90)102(87-65-81(57-73-41-21-9-22-42-73)95(99-3)82(66-87)58-74-43-23-10-24-44-74)88-67-83(59-75-45-25-11-26-46-75)96(100-4)84(68-88)60-76-47-27-12-28-48-76/h5-52,61-68H,53-60H2,1-4H3. The zero-order valence-corrected chi connectivity index (χ0v) is 60.3. The molecule has 0 saturated heterocycles. The van der Waals surface area contributed by atoms with E-state index < -0.39 is 15.8 Å². The van der Waals surface area contributed by atoms with Crippen LogP contribution < -0.4 is 50.8 Å². The van der Waals surface area contributed by atoms with Gasteiger partial charge in [-0.05, 0) is 196 Å². The molecule has 0 amide bonds. The summed E-state index contributed by atoms with van der Waals surface area (Å²) in [5.74, 6) is 3.69. The van der Waals surface area contributed by atoms with Crippen molar-refractivity contribution in [2.24, 2.45) is 0 Å². The molecule has 6 heteroatoms. The summed E-state index contributed by atoms with van der Waals surface area (Å²) in [6, 6.07) is 126. The molecule has 14 aromatic carbocycles. The van der Waals surface area contributed by atoms with Crippen molar-refractivity contribution in [3.63, 3.8) is 0 Å². The minimum atomic E-state index is -1.41. The van der Waals surface area contributed by atoms with Crippen LogP contribution in [-0.2, 0) is 51.4 Å². The van der Waals surface area contributed by atoms with Gasteiger partial charge < -0.3 is 18.9 Å². The molecule has 0 aliphatic carbocycles. The second kappa shape index (κ2) is 33.1. The molecule has 0 aliphatic heterocycles. The average Bonchev–Trinajstić information content (AvgIpc) is 0.754. The van der Waals surface area contributed by atoms with Gasteiger partial charge in [-0.2, -0.15) is 0 Å². The molecule has 0 saturated carbocycles. The second-order valence-electron chi connectivity index (χ2n) is 26.2. The van der Waals surface area contributed by atoms with E-state index in [-0.39, 0.29) is 0 Å². The molecule has 4 nitrogen and oxygen atoms in total. The molecule has 0 spiro atoms. The normalized spacial score (nSPS) is 11.2. The van der Waals surface area contributed by atoms with Crippen LogP contribution in [0.2, 0.25) is 0 Å². The third-order valence-electron chi connectivity index (χ3n) is 19.2. The fourth-order valence-corrected chi connectivity index (χ4v) is 20.1. The van der Waals surface area contributed by atoms with Gasteiger partial charge in [0.15, 0.2) is 0 Å². The first-order valence-electron chi connectivity index (χ1n) is 35.3. The highest BCUT2D eigenvalue weighted by molar-refractivity contribution is 7.80. The summed E-state index contributed by atoms with van der Waals surface area (Å²) >= 11 is 0. The van der Waals surface area contributed by atoms with Crippen molar-refractivity contribution in [3.05, 3.63) is 429 Å². The lowest BCUT2D eigenvalue weighted by atomic mass is 9.97. The highest BCUT2D eigenvalue weighted by Gasteiger charge is 2.31. The van der Waals surface area contributed by atoms with Crippen molar-refractivity contribution in [2.45, 2.75) is 51.4 Å². The number of rotatable bonds is 27. The smallest absolute Gasteiger partial charge is 0.125 e. The first-order valence-corrected chi connectivity index (χ1v) is 37.9. The summed E-state index contributed by atoms with van der Waals surface area (Å²) < 4.78 is 26.6. The van der Waals surface area contributed by atoms with E-state index >= 15 is 0 Å². The Morgan fingerprint density at radius 1 is 0.186 bits per heavy atom. The Morgan fingerprint density at radius 2 is 0.333 bits per heavy atom. The van der Waals surface area contributed by atoms with Gasteiger partial charge in [0, 0.05) is 51.4 Å². The Hall–Kier alpha value is -10.9. The lowest BCUT2D eigenvalue weighted by molar-refractivity contribution is 0.406. The molecule has 14 aromatic rings.